The number of amides is 1. The summed E-state index contributed by atoms with van der Waals surface area (Å²) < 4.78 is 0. The molecular weight excluding hydrogens is 262 g/mol. The molecular formula is C17H27N3O. The van der Waals surface area contributed by atoms with Gasteiger partial charge in [-0.25, -0.2) is 4.98 Å². The Hall–Kier alpha value is -1.58. The zero-order valence-electron chi connectivity index (χ0n) is 13.9. The van der Waals surface area contributed by atoms with E-state index in [0.717, 1.165) is 37.7 Å². The van der Waals surface area contributed by atoms with Crippen LogP contribution in [0.3, 0.4) is 0 Å². The van der Waals surface area contributed by atoms with Gasteiger partial charge < -0.3 is 9.80 Å². The summed E-state index contributed by atoms with van der Waals surface area (Å²) in [7, 11) is 0. The number of anilines is 1. The highest BCUT2D eigenvalue weighted by Crippen LogP contribution is 2.23. The predicted octanol–water partition coefficient (Wildman–Crippen LogP) is 2.68. The van der Waals surface area contributed by atoms with Crippen molar-refractivity contribution in [2.45, 2.75) is 40.0 Å². The number of pyridine rings is 1. The molecule has 0 N–H and O–H groups in total. The van der Waals surface area contributed by atoms with E-state index in [0.29, 0.717) is 0 Å². The van der Waals surface area contributed by atoms with Crippen LogP contribution in [0, 0.1) is 5.92 Å². The molecule has 0 radical (unpaired) electrons. The van der Waals surface area contributed by atoms with Crippen LogP contribution in [-0.4, -0.2) is 42.0 Å². The molecule has 1 fully saturated rings. The van der Waals surface area contributed by atoms with Crippen molar-refractivity contribution in [2.75, 3.05) is 31.1 Å². The monoisotopic (exact) mass is 289 g/mol. The van der Waals surface area contributed by atoms with Gasteiger partial charge in [0.1, 0.15) is 5.82 Å². The molecule has 0 spiro atoms. The number of aromatic nitrogens is 1. The summed E-state index contributed by atoms with van der Waals surface area (Å²) >= 11 is 0. The molecule has 0 unspecified atom stereocenters. The highest BCUT2D eigenvalue weighted by Gasteiger charge is 2.24. The van der Waals surface area contributed by atoms with E-state index in [1.807, 2.05) is 18.7 Å². The molecule has 21 heavy (non-hydrogen) atoms. The Bertz CT molecular complexity index is 497. The van der Waals surface area contributed by atoms with Gasteiger partial charge in [-0.1, -0.05) is 40.7 Å². The van der Waals surface area contributed by atoms with Crippen molar-refractivity contribution in [2.24, 2.45) is 5.92 Å². The molecule has 0 aromatic carbocycles. The Morgan fingerprint density at radius 2 is 1.76 bits per heavy atom. The maximum absolute atomic E-state index is 12.0. The van der Waals surface area contributed by atoms with Crippen LogP contribution in [0.15, 0.2) is 18.2 Å². The number of nitrogens with zero attached hydrogens (tertiary/aromatic N) is 3. The zero-order chi connectivity index (χ0) is 15.6. The number of hydrogen-bond acceptors (Lipinski definition) is 3. The average Bonchev–Trinajstić information content (AvgIpc) is 2.46. The maximum Gasteiger partial charge on any atom is 0.225 e. The van der Waals surface area contributed by atoms with Crippen LogP contribution >= 0.6 is 0 Å². The van der Waals surface area contributed by atoms with Crippen molar-refractivity contribution in [1.29, 1.82) is 0 Å². The molecule has 1 aromatic rings. The number of hydrogen-bond donors (Lipinski definition) is 0. The van der Waals surface area contributed by atoms with Crippen molar-refractivity contribution >= 4 is 11.7 Å². The van der Waals surface area contributed by atoms with Crippen molar-refractivity contribution < 1.29 is 4.79 Å². The van der Waals surface area contributed by atoms with E-state index < -0.39 is 0 Å². The molecule has 4 nitrogen and oxygen atoms in total. The standard InChI is InChI=1S/C17H27N3O/c1-13(2)16(21)20-11-9-19(10-12-20)15-8-6-7-14(18-15)17(3,4)5/h6-8,13H,9-12H2,1-5H3. The van der Waals surface area contributed by atoms with E-state index in [1.54, 1.807) is 0 Å². The summed E-state index contributed by atoms with van der Waals surface area (Å²) in [5.74, 6) is 1.36. The summed E-state index contributed by atoms with van der Waals surface area (Å²) in [4.78, 5) is 21.1. The summed E-state index contributed by atoms with van der Waals surface area (Å²) in [6.45, 7) is 13.8. The van der Waals surface area contributed by atoms with E-state index >= 15 is 0 Å². The fourth-order valence-electron chi connectivity index (χ4n) is 2.54. The summed E-state index contributed by atoms with van der Waals surface area (Å²) in [5.41, 5.74) is 1.17. The minimum Gasteiger partial charge on any atom is -0.353 e. The van der Waals surface area contributed by atoms with Crippen LogP contribution < -0.4 is 4.90 Å². The van der Waals surface area contributed by atoms with Crippen LogP contribution in [0.25, 0.3) is 0 Å². The van der Waals surface area contributed by atoms with E-state index in [-0.39, 0.29) is 17.2 Å². The lowest BCUT2D eigenvalue weighted by molar-refractivity contribution is -0.134. The van der Waals surface area contributed by atoms with Gasteiger partial charge in [-0.15, -0.1) is 0 Å². The van der Waals surface area contributed by atoms with Crippen molar-refractivity contribution in [3.05, 3.63) is 23.9 Å². The predicted molar refractivity (Wildman–Crippen MR) is 86.6 cm³/mol. The first kappa shape index (κ1) is 15.8. The zero-order valence-corrected chi connectivity index (χ0v) is 13.9. The summed E-state index contributed by atoms with van der Waals surface area (Å²) in [5, 5.41) is 0. The molecule has 1 aliphatic rings. The second kappa shape index (κ2) is 6.04. The third-order valence-electron chi connectivity index (χ3n) is 3.91. The Labute approximate surface area is 128 Å². The first-order valence-electron chi connectivity index (χ1n) is 7.80. The second-order valence-corrected chi connectivity index (χ2v) is 7.10. The van der Waals surface area contributed by atoms with Gasteiger partial charge in [-0.3, -0.25) is 4.79 Å². The average molecular weight is 289 g/mol. The fourth-order valence-corrected chi connectivity index (χ4v) is 2.54. The van der Waals surface area contributed by atoms with E-state index in [2.05, 4.69) is 43.9 Å². The first-order valence-corrected chi connectivity index (χ1v) is 7.80. The molecule has 0 atom stereocenters. The molecule has 1 saturated heterocycles. The van der Waals surface area contributed by atoms with E-state index in [9.17, 15) is 4.79 Å². The van der Waals surface area contributed by atoms with Gasteiger partial charge in [0.15, 0.2) is 0 Å². The van der Waals surface area contributed by atoms with Gasteiger partial charge >= 0.3 is 0 Å². The van der Waals surface area contributed by atoms with Crippen molar-refractivity contribution in [3.8, 4) is 0 Å². The molecule has 1 aliphatic heterocycles. The minimum atomic E-state index is 0.0610. The number of piperazine rings is 1. The Kier molecular flexibility index (Phi) is 4.55. The Morgan fingerprint density at radius 1 is 1.14 bits per heavy atom. The fraction of sp³-hybridized carbons (Fsp3) is 0.647. The van der Waals surface area contributed by atoms with Gasteiger partial charge in [0.25, 0.3) is 0 Å². The molecule has 2 heterocycles. The first-order chi connectivity index (χ1) is 9.79. The van der Waals surface area contributed by atoms with Gasteiger partial charge in [0, 0.05) is 43.2 Å². The molecule has 116 valence electrons. The molecule has 1 aromatic heterocycles. The lowest BCUT2D eigenvalue weighted by Gasteiger charge is -2.36. The molecule has 2 rings (SSSR count). The SMILES string of the molecule is CC(C)C(=O)N1CCN(c2cccc(C(C)(C)C)n2)CC1. The van der Waals surface area contributed by atoms with Gasteiger partial charge in [0.2, 0.25) is 5.91 Å². The summed E-state index contributed by atoms with van der Waals surface area (Å²) in [6.07, 6.45) is 0. The third kappa shape index (κ3) is 3.74. The van der Waals surface area contributed by atoms with Crippen LogP contribution in [0.1, 0.15) is 40.3 Å². The topological polar surface area (TPSA) is 36.4 Å². The maximum atomic E-state index is 12.0. The smallest absolute Gasteiger partial charge is 0.225 e. The van der Waals surface area contributed by atoms with E-state index in [1.165, 1.54) is 0 Å². The Morgan fingerprint density at radius 3 is 2.29 bits per heavy atom. The Balaban J connectivity index is 2.04. The van der Waals surface area contributed by atoms with Gasteiger partial charge in [-0.05, 0) is 12.1 Å². The second-order valence-electron chi connectivity index (χ2n) is 7.10. The highest BCUT2D eigenvalue weighted by atomic mass is 16.2. The van der Waals surface area contributed by atoms with Crippen LogP contribution in [-0.2, 0) is 10.2 Å². The van der Waals surface area contributed by atoms with Crippen molar-refractivity contribution in [1.82, 2.24) is 9.88 Å². The normalized spacial score (nSPS) is 16.5. The van der Waals surface area contributed by atoms with Crippen LogP contribution in [0.4, 0.5) is 5.82 Å². The molecule has 0 saturated carbocycles. The quantitative estimate of drug-likeness (QED) is 0.840. The number of rotatable bonds is 2. The summed E-state index contributed by atoms with van der Waals surface area (Å²) in [6, 6.07) is 6.23. The highest BCUT2D eigenvalue weighted by molar-refractivity contribution is 5.78. The van der Waals surface area contributed by atoms with Gasteiger partial charge in [-0.2, -0.15) is 0 Å². The molecule has 0 aliphatic carbocycles. The van der Waals surface area contributed by atoms with Gasteiger partial charge in [0.05, 0.1) is 0 Å². The van der Waals surface area contributed by atoms with Crippen LogP contribution in [0.5, 0.6) is 0 Å². The molecule has 4 heteroatoms. The lowest BCUT2D eigenvalue weighted by atomic mass is 9.92. The minimum absolute atomic E-state index is 0.0610. The lowest BCUT2D eigenvalue weighted by Crippen LogP contribution is -2.50. The molecule has 1 amide bonds. The molecule has 0 bridgehead atoms. The van der Waals surface area contributed by atoms with Crippen molar-refractivity contribution in [3.63, 3.8) is 0 Å². The number of carbonyl (C=O) groups is 1. The van der Waals surface area contributed by atoms with Crippen LogP contribution in [0.2, 0.25) is 0 Å². The third-order valence-corrected chi connectivity index (χ3v) is 3.91. The number of carbonyl (C=O) groups excluding carboxylic acids is 1. The largest absolute Gasteiger partial charge is 0.353 e. The van der Waals surface area contributed by atoms with E-state index in [4.69, 9.17) is 4.98 Å².